The number of amides is 1. The van der Waals surface area contributed by atoms with Gasteiger partial charge >= 0.3 is 0 Å². The quantitative estimate of drug-likeness (QED) is 0.524. The summed E-state index contributed by atoms with van der Waals surface area (Å²) in [6.07, 6.45) is 0. The molecule has 0 saturated carbocycles. The van der Waals surface area contributed by atoms with Gasteiger partial charge in [-0.1, -0.05) is 47.5 Å². The van der Waals surface area contributed by atoms with Gasteiger partial charge in [-0.3, -0.25) is 9.10 Å². The fraction of sp³-hybridized carbons (Fsp3) is 0.208. The van der Waals surface area contributed by atoms with E-state index in [4.69, 9.17) is 16.3 Å². The van der Waals surface area contributed by atoms with Gasteiger partial charge in [0.2, 0.25) is 5.91 Å². The van der Waals surface area contributed by atoms with Gasteiger partial charge in [-0.25, -0.2) is 8.42 Å². The van der Waals surface area contributed by atoms with E-state index in [0.717, 1.165) is 21.0 Å². The van der Waals surface area contributed by atoms with Crippen LogP contribution in [-0.4, -0.2) is 28.0 Å². The largest absolute Gasteiger partial charge is 0.497 e. The Morgan fingerprint density at radius 1 is 1.00 bits per heavy atom. The summed E-state index contributed by atoms with van der Waals surface area (Å²) in [5.41, 5.74) is 2.93. The lowest BCUT2D eigenvalue weighted by Gasteiger charge is -2.24. The Morgan fingerprint density at radius 3 is 2.25 bits per heavy atom. The van der Waals surface area contributed by atoms with Crippen molar-refractivity contribution in [2.24, 2.45) is 0 Å². The number of benzene rings is 3. The molecule has 0 radical (unpaired) electrons. The van der Waals surface area contributed by atoms with Crippen LogP contribution in [0.2, 0.25) is 5.02 Å². The number of aryl methyl sites for hydroxylation is 2. The van der Waals surface area contributed by atoms with Crippen LogP contribution in [0, 0.1) is 13.8 Å². The lowest BCUT2D eigenvalue weighted by Crippen LogP contribution is -2.40. The van der Waals surface area contributed by atoms with Crippen molar-refractivity contribution < 1.29 is 17.9 Å². The van der Waals surface area contributed by atoms with Crippen molar-refractivity contribution in [3.8, 4) is 5.75 Å². The van der Waals surface area contributed by atoms with Crippen molar-refractivity contribution in [2.45, 2.75) is 25.3 Å². The molecule has 6 nitrogen and oxygen atoms in total. The average Bonchev–Trinajstić information content (AvgIpc) is 2.78. The number of methoxy groups -OCH3 is 1. The second-order valence-electron chi connectivity index (χ2n) is 7.38. The first-order valence-electron chi connectivity index (χ1n) is 9.96. The maximum atomic E-state index is 13.4. The van der Waals surface area contributed by atoms with Crippen molar-refractivity contribution >= 4 is 33.2 Å². The highest BCUT2D eigenvalue weighted by Crippen LogP contribution is 2.28. The van der Waals surface area contributed by atoms with Gasteiger partial charge in [0.05, 0.1) is 17.7 Å². The third-order valence-corrected chi connectivity index (χ3v) is 7.18. The lowest BCUT2D eigenvalue weighted by atomic mass is 10.2. The van der Waals surface area contributed by atoms with Crippen molar-refractivity contribution in [1.29, 1.82) is 0 Å². The molecule has 168 valence electrons. The first-order valence-corrected chi connectivity index (χ1v) is 11.8. The molecule has 3 aromatic carbocycles. The predicted molar refractivity (Wildman–Crippen MR) is 127 cm³/mol. The summed E-state index contributed by atoms with van der Waals surface area (Å²) >= 11 is 6.24. The maximum absolute atomic E-state index is 13.4. The van der Waals surface area contributed by atoms with Gasteiger partial charge in [0.15, 0.2) is 0 Å². The fourth-order valence-corrected chi connectivity index (χ4v) is 4.61. The van der Waals surface area contributed by atoms with Crippen molar-refractivity contribution in [2.75, 3.05) is 18.0 Å². The van der Waals surface area contributed by atoms with Gasteiger partial charge in [-0.05, 0) is 61.4 Å². The Kier molecular flexibility index (Phi) is 7.43. The van der Waals surface area contributed by atoms with Crippen LogP contribution in [0.25, 0.3) is 0 Å². The molecule has 0 aliphatic carbocycles. The van der Waals surface area contributed by atoms with E-state index < -0.39 is 15.9 Å². The Hall–Kier alpha value is -3.03. The molecule has 1 amide bonds. The predicted octanol–water partition coefficient (Wildman–Crippen LogP) is 4.48. The summed E-state index contributed by atoms with van der Waals surface area (Å²) in [7, 11) is -2.41. The van der Waals surface area contributed by atoms with E-state index in [0.29, 0.717) is 16.5 Å². The fourth-order valence-electron chi connectivity index (χ4n) is 3.02. The number of carbonyl (C=O) groups excluding carboxylic acids is 1. The molecule has 0 saturated heterocycles. The van der Waals surface area contributed by atoms with Crippen molar-refractivity contribution in [3.05, 3.63) is 88.4 Å². The van der Waals surface area contributed by atoms with E-state index in [1.807, 2.05) is 26.0 Å². The number of rotatable bonds is 8. The smallest absolute Gasteiger partial charge is 0.264 e. The first kappa shape index (κ1) is 23.6. The number of nitrogens with one attached hydrogen (secondary N) is 1. The molecule has 0 unspecified atom stereocenters. The average molecular weight is 473 g/mol. The maximum Gasteiger partial charge on any atom is 0.264 e. The number of hydrogen-bond acceptors (Lipinski definition) is 4. The first-order chi connectivity index (χ1) is 15.2. The molecule has 3 rings (SSSR count). The van der Waals surface area contributed by atoms with Crippen LogP contribution >= 0.6 is 11.6 Å². The van der Waals surface area contributed by atoms with Crippen molar-refractivity contribution in [3.63, 3.8) is 0 Å². The van der Waals surface area contributed by atoms with Gasteiger partial charge < -0.3 is 10.1 Å². The van der Waals surface area contributed by atoms with Gasteiger partial charge in [0.1, 0.15) is 12.3 Å². The summed E-state index contributed by atoms with van der Waals surface area (Å²) in [5.74, 6) is 0.278. The molecular weight excluding hydrogens is 448 g/mol. The second-order valence-corrected chi connectivity index (χ2v) is 9.65. The zero-order valence-electron chi connectivity index (χ0n) is 18.1. The number of sulfonamides is 1. The molecule has 0 atom stereocenters. The highest BCUT2D eigenvalue weighted by atomic mass is 35.5. The molecule has 0 heterocycles. The topological polar surface area (TPSA) is 75.7 Å². The molecule has 8 heteroatoms. The second kappa shape index (κ2) is 10.1. The standard InChI is InChI=1S/C24H25ClN2O4S/c1-17-4-12-22(13-5-17)32(29,30)27(20-9-6-18(2)23(25)14-20)16-24(28)26-15-19-7-10-21(31-3)11-8-19/h4-14H,15-16H2,1-3H3,(H,26,28). The van der Waals surface area contributed by atoms with E-state index in [9.17, 15) is 13.2 Å². The van der Waals surface area contributed by atoms with Gasteiger partial charge in [-0.2, -0.15) is 0 Å². The Balaban J connectivity index is 1.85. The highest BCUT2D eigenvalue weighted by Gasteiger charge is 2.27. The minimum absolute atomic E-state index is 0.0998. The van der Waals surface area contributed by atoms with E-state index in [1.165, 1.54) is 12.1 Å². The third-order valence-electron chi connectivity index (χ3n) is 4.99. The van der Waals surface area contributed by atoms with Gasteiger partial charge in [0, 0.05) is 11.6 Å². The molecule has 32 heavy (non-hydrogen) atoms. The minimum atomic E-state index is -3.99. The lowest BCUT2D eigenvalue weighted by molar-refractivity contribution is -0.119. The van der Waals surface area contributed by atoms with Gasteiger partial charge in [0.25, 0.3) is 10.0 Å². The number of anilines is 1. The third kappa shape index (κ3) is 5.60. The molecule has 0 aliphatic heterocycles. The molecule has 0 fully saturated rings. The number of hydrogen-bond donors (Lipinski definition) is 1. The van der Waals surface area contributed by atoms with Crippen LogP contribution in [0.5, 0.6) is 5.75 Å². The molecule has 0 spiro atoms. The summed E-state index contributed by atoms with van der Waals surface area (Å²) < 4.78 is 33.0. The summed E-state index contributed by atoms with van der Waals surface area (Å²) in [5, 5.41) is 3.20. The molecule has 3 aromatic rings. The molecular formula is C24H25ClN2O4S. The highest BCUT2D eigenvalue weighted by molar-refractivity contribution is 7.92. The number of nitrogens with zero attached hydrogens (tertiary/aromatic N) is 1. The van der Waals surface area contributed by atoms with Crippen LogP contribution in [0.3, 0.4) is 0 Å². The van der Waals surface area contributed by atoms with Crippen LogP contribution in [0.4, 0.5) is 5.69 Å². The number of ether oxygens (including phenoxy) is 1. The van der Waals surface area contributed by atoms with E-state index in [1.54, 1.807) is 49.6 Å². The number of carbonyl (C=O) groups is 1. The van der Waals surface area contributed by atoms with Gasteiger partial charge in [-0.15, -0.1) is 0 Å². The summed E-state index contributed by atoms with van der Waals surface area (Å²) in [4.78, 5) is 12.8. The molecule has 1 N–H and O–H groups in total. The minimum Gasteiger partial charge on any atom is -0.497 e. The van der Waals surface area contributed by atoms with E-state index >= 15 is 0 Å². The van der Waals surface area contributed by atoms with Crippen LogP contribution in [0.1, 0.15) is 16.7 Å². The molecule has 0 bridgehead atoms. The Morgan fingerprint density at radius 2 is 1.66 bits per heavy atom. The Labute approximate surface area is 193 Å². The van der Waals surface area contributed by atoms with Crippen LogP contribution in [0.15, 0.2) is 71.6 Å². The summed E-state index contributed by atoms with van der Waals surface area (Å²) in [6.45, 7) is 3.58. The normalized spacial score (nSPS) is 11.1. The van der Waals surface area contributed by atoms with E-state index in [2.05, 4.69) is 5.32 Å². The van der Waals surface area contributed by atoms with Crippen LogP contribution in [-0.2, 0) is 21.4 Å². The monoisotopic (exact) mass is 472 g/mol. The van der Waals surface area contributed by atoms with Crippen LogP contribution < -0.4 is 14.4 Å². The molecule has 0 aromatic heterocycles. The Bertz CT molecular complexity index is 1190. The number of halogens is 1. The zero-order valence-corrected chi connectivity index (χ0v) is 19.7. The van der Waals surface area contributed by atoms with E-state index in [-0.39, 0.29) is 18.0 Å². The van der Waals surface area contributed by atoms with Crippen molar-refractivity contribution in [1.82, 2.24) is 5.32 Å². The zero-order chi connectivity index (χ0) is 23.3. The summed E-state index contributed by atoms with van der Waals surface area (Å²) in [6, 6.07) is 18.7. The molecule has 0 aliphatic rings. The SMILES string of the molecule is COc1ccc(CNC(=O)CN(c2ccc(C)c(Cl)c2)S(=O)(=O)c2ccc(C)cc2)cc1.